The van der Waals surface area contributed by atoms with E-state index in [1.807, 2.05) is 76.6 Å². The van der Waals surface area contributed by atoms with Gasteiger partial charge in [-0.1, -0.05) is 59.6 Å². The van der Waals surface area contributed by atoms with Gasteiger partial charge in [0.2, 0.25) is 0 Å². The Morgan fingerprint density at radius 3 is 1.45 bits per heavy atom. The van der Waals surface area contributed by atoms with Gasteiger partial charge in [0.05, 0.1) is 47.2 Å². The first-order valence-corrected chi connectivity index (χ1v) is 22.1. The van der Waals surface area contributed by atoms with E-state index in [1.165, 1.54) is 17.7 Å². The number of hydrogen-bond acceptors (Lipinski definition) is 7. The first-order valence-electron chi connectivity index (χ1n) is 21.3. The van der Waals surface area contributed by atoms with Crippen molar-refractivity contribution < 1.29 is 33.0 Å². The number of aromatic amines is 2. The van der Waals surface area contributed by atoms with Crippen LogP contribution in [0.4, 0.5) is 0 Å². The summed E-state index contributed by atoms with van der Waals surface area (Å²) < 4.78 is 15.3. The van der Waals surface area contributed by atoms with Crippen molar-refractivity contribution in [2.45, 2.75) is 98.8 Å². The summed E-state index contributed by atoms with van der Waals surface area (Å²) in [5.74, 6) is 7.83. The third-order valence-corrected chi connectivity index (χ3v) is 10.2. The number of benzene rings is 4. The minimum atomic E-state index is -0.381. The van der Waals surface area contributed by atoms with Crippen molar-refractivity contribution in [3.8, 4) is 34.0 Å². The molecule has 13 nitrogen and oxygen atoms in total. The number of halogens is 2. The number of aldehydes is 1. The summed E-state index contributed by atoms with van der Waals surface area (Å²) in [5, 5.41) is 0.805. The van der Waals surface area contributed by atoms with E-state index in [0.29, 0.717) is 44.8 Å². The molecular formula is C50H64Cl2N8O5+2. The number of nitrogens with two attached hydrogens (primary N) is 1. The highest BCUT2D eigenvalue weighted by molar-refractivity contribution is 6.32. The number of aryl methyl sites for hydroxylation is 2. The van der Waals surface area contributed by atoms with Crippen LogP contribution < -0.4 is 40.7 Å². The summed E-state index contributed by atoms with van der Waals surface area (Å²) in [6, 6.07) is 25.6. The van der Waals surface area contributed by atoms with Crippen molar-refractivity contribution in [3.05, 3.63) is 141 Å². The summed E-state index contributed by atoms with van der Waals surface area (Å²) in [7, 11) is 4.10. The molecule has 0 saturated carbocycles. The highest BCUT2D eigenvalue weighted by Crippen LogP contribution is 2.28. The van der Waals surface area contributed by atoms with Crippen LogP contribution in [0, 0.1) is 0 Å². The van der Waals surface area contributed by atoms with Gasteiger partial charge in [0.1, 0.15) is 30.2 Å². The van der Waals surface area contributed by atoms with Gasteiger partial charge in [-0.15, -0.1) is 0 Å². The molecule has 346 valence electrons. The Morgan fingerprint density at radius 2 is 1.09 bits per heavy atom. The maximum atomic E-state index is 12.4. The summed E-state index contributed by atoms with van der Waals surface area (Å²) in [4.78, 5) is 41.2. The van der Waals surface area contributed by atoms with Crippen molar-refractivity contribution in [1.82, 2.24) is 26.2 Å². The van der Waals surface area contributed by atoms with E-state index in [9.17, 15) is 14.4 Å². The Kier molecular flexibility index (Phi) is 18.1. The molecule has 0 spiro atoms. The summed E-state index contributed by atoms with van der Waals surface area (Å²) in [6.45, 7) is 21.2. The fourth-order valence-corrected chi connectivity index (χ4v) is 7.10. The number of aromatic nitrogens is 4. The standard InChI is InChI=1S/C25H31ClN4O2.C15H18N2O.C10H13ClN2O2/c1-16(2)32-22-12-11-19(13-20(22)26)23(31)29-27-14-17-7-9-18(10-8-17)21-15-30(6)24(28-21)25(3,4)5;1-15(2,3)14-16-13(9-17(14)4)12-7-5-11(10-18)6-8-12;1-6(2)15-9-4-3-7(5-8(9)11)10(14)13-12/h7-13,15-16,27H,14H2,1-6H3,(H,29,31);5-10H,1-4H3;3-6H,12H2,1-2H3,(H,13,14)/p+2. The van der Waals surface area contributed by atoms with Crippen LogP contribution in [-0.4, -0.2) is 40.3 Å². The van der Waals surface area contributed by atoms with Crippen LogP contribution in [0.3, 0.4) is 0 Å². The zero-order valence-electron chi connectivity index (χ0n) is 39.4. The number of nitrogens with one attached hydrogen (secondary N) is 5. The molecule has 7 N–H and O–H groups in total. The van der Waals surface area contributed by atoms with Crippen LogP contribution in [0.5, 0.6) is 11.5 Å². The lowest BCUT2D eigenvalue weighted by Gasteiger charge is -2.12. The summed E-state index contributed by atoms with van der Waals surface area (Å²) >= 11 is 12.1. The van der Waals surface area contributed by atoms with Crippen LogP contribution in [0.25, 0.3) is 22.5 Å². The van der Waals surface area contributed by atoms with E-state index in [-0.39, 0.29) is 34.9 Å². The Hall–Kier alpha value is -5.99. The minimum Gasteiger partial charge on any atom is -0.489 e. The van der Waals surface area contributed by atoms with Crippen LogP contribution in [0.15, 0.2) is 97.3 Å². The van der Waals surface area contributed by atoms with Gasteiger partial charge in [0.25, 0.3) is 23.5 Å². The molecular weight excluding hydrogens is 864 g/mol. The number of carbonyl (C=O) groups excluding carboxylic acids is 3. The number of imidazole rings is 2. The largest absolute Gasteiger partial charge is 0.489 e. The Bertz CT molecular complexity index is 2530. The number of carbonyl (C=O) groups is 3. The molecule has 0 atom stereocenters. The smallest absolute Gasteiger partial charge is 0.265 e. The topological polar surface area (TPSA) is 171 Å². The van der Waals surface area contributed by atoms with Crippen molar-refractivity contribution in [2.24, 2.45) is 19.9 Å². The Morgan fingerprint density at radius 1 is 0.677 bits per heavy atom. The van der Waals surface area contributed by atoms with Gasteiger partial charge >= 0.3 is 0 Å². The van der Waals surface area contributed by atoms with E-state index >= 15 is 0 Å². The Balaban J connectivity index is 0.000000236. The second-order valence-corrected chi connectivity index (χ2v) is 18.9. The van der Waals surface area contributed by atoms with E-state index in [4.69, 9.17) is 38.5 Å². The minimum absolute atomic E-state index is 0.0144. The maximum absolute atomic E-state index is 12.4. The molecule has 0 aliphatic carbocycles. The van der Waals surface area contributed by atoms with Gasteiger partial charge in [0, 0.05) is 34.4 Å². The molecule has 6 aromatic rings. The second kappa shape index (κ2) is 22.8. The number of amides is 2. The molecule has 0 bridgehead atoms. The molecule has 0 fully saturated rings. The van der Waals surface area contributed by atoms with Crippen LogP contribution >= 0.6 is 23.2 Å². The quantitative estimate of drug-likeness (QED) is 0.0234. The first-order chi connectivity index (χ1) is 30.5. The van der Waals surface area contributed by atoms with Gasteiger partial charge in [0.15, 0.2) is 11.4 Å². The second-order valence-electron chi connectivity index (χ2n) is 18.1. The SMILES string of the molecule is CC(C)Oc1ccc(C(=O)NN)cc1Cl.CC(C)Oc1ccc(C(=O)NNCc2ccc(-c3c[n+](C)c(C(C)(C)C)[nH]3)cc2)cc1Cl.C[n+]1cc(-c2ccc(C=O)cc2)[nH]c1C(C)(C)C. The third kappa shape index (κ3) is 15.0. The monoisotopic (exact) mass is 926 g/mol. The van der Waals surface area contributed by atoms with Crippen molar-refractivity contribution in [3.63, 3.8) is 0 Å². The third-order valence-electron chi connectivity index (χ3n) is 9.64. The van der Waals surface area contributed by atoms with Crippen molar-refractivity contribution >= 4 is 41.3 Å². The van der Waals surface area contributed by atoms with Gasteiger partial charge in [-0.05, 0) is 123 Å². The number of rotatable bonds is 12. The lowest BCUT2D eigenvalue weighted by atomic mass is 9.96. The molecule has 0 unspecified atom stereocenters. The predicted octanol–water partition coefficient (Wildman–Crippen LogP) is 9.03. The van der Waals surface area contributed by atoms with Crippen LogP contribution in [-0.2, 0) is 31.5 Å². The molecule has 0 aliphatic rings. The lowest BCUT2D eigenvalue weighted by Crippen LogP contribution is -2.37. The van der Waals surface area contributed by atoms with E-state index in [0.717, 1.165) is 34.4 Å². The van der Waals surface area contributed by atoms with Crippen LogP contribution in [0.2, 0.25) is 10.0 Å². The number of nitrogens with zero attached hydrogens (tertiary/aromatic N) is 2. The average Bonchev–Trinajstić information content (AvgIpc) is 3.85. The van der Waals surface area contributed by atoms with Gasteiger partial charge in [-0.25, -0.2) is 30.4 Å². The number of ether oxygens (including phenoxy) is 2. The summed E-state index contributed by atoms with van der Waals surface area (Å²) in [5.41, 5.74) is 14.8. The Labute approximate surface area is 393 Å². The number of nitrogen functional groups attached to an aromatic ring is 1. The number of H-pyrrole nitrogens is 2. The zero-order chi connectivity index (χ0) is 48.2. The zero-order valence-corrected chi connectivity index (χ0v) is 41.0. The van der Waals surface area contributed by atoms with Gasteiger partial charge in [-0.3, -0.25) is 25.2 Å². The van der Waals surface area contributed by atoms with E-state index in [2.05, 4.69) is 103 Å². The highest BCUT2D eigenvalue weighted by Gasteiger charge is 2.28. The molecule has 0 aliphatic heterocycles. The van der Waals surface area contributed by atoms with Crippen molar-refractivity contribution in [1.29, 1.82) is 0 Å². The predicted molar refractivity (Wildman–Crippen MR) is 258 cm³/mol. The molecule has 2 heterocycles. The number of hydrazine groups is 2. The van der Waals surface area contributed by atoms with Crippen molar-refractivity contribution in [2.75, 3.05) is 0 Å². The normalized spacial score (nSPS) is 11.3. The molecule has 65 heavy (non-hydrogen) atoms. The highest BCUT2D eigenvalue weighted by atomic mass is 35.5. The summed E-state index contributed by atoms with van der Waals surface area (Å²) in [6.07, 6.45) is 5.10. The fraction of sp³-hybridized carbons (Fsp3) is 0.340. The fourth-order valence-electron chi connectivity index (χ4n) is 6.65. The van der Waals surface area contributed by atoms with Crippen LogP contribution in [0.1, 0.15) is 118 Å². The molecule has 2 aromatic heterocycles. The molecule has 4 aromatic carbocycles. The van der Waals surface area contributed by atoms with Gasteiger partial charge in [-0.2, -0.15) is 0 Å². The molecule has 15 heteroatoms. The van der Waals surface area contributed by atoms with E-state index in [1.54, 1.807) is 30.3 Å². The average molecular weight is 928 g/mol. The number of hydrogen-bond donors (Lipinski definition) is 6. The van der Waals surface area contributed by atoms with E-state index < -0.39 is 0 Å². The lowest BCUT2D eigenvalue weighted by molar-refractivity contribution is -0.681. The first kappa shape index (κ1) is 51.6. The molecule has 0 radical (unpaired) electrons. The molecule has 2 amide bonds. The maximum Gasteiger partial charge on any atom is 0.265 e. The van der Waals surface area contributed by atoms with Gasteiger partial charge < -0.3 is 9.47 Å². The molecule has 6 rings (SSSR count). The molecule has 0 saturated heterocycles.